The van der Waals surface area contributed by atoms with E-state index in [2.05, 4.69) is 4.90 Å². The lowest BCUT2D eigenvalue weighted by Crippen LogP contribution is -2.43. The standard InChI is InChI=1S/C31H38N2O5S/c1-24-6-14-30(15-7-24)39(34,35)33-22-26-10-13-29(36-2)21-31(26)38-23-27(33)20-25-8-11-28(12-9-25)37-19-18-32-16-4-3-5-17-32/h6-15,21,27H,3-5,16-20,22-23H2,1-2H3/t27-/m0/s1. The Morgan fingerprint density at radius 1 is 0.923 bits per heavy atom. The lowest BCUT2D eigenvalue weighted by molar-refractivity contribution is 0.183. The van der Waals surface area contributed by atoms with Crippen LogP contribution in [0.15, 0.2) is 71.6 Å². The first-order valence-corrected chi connectivity index (χ1v) is 15.2. The van der Waals surface area contributed by atoms with Crippen LogP contribution in [0.3, 0.4) is 0 Å². The van der Waals surface area contributed by atoms with Gasteiger partial charge in [-0.15, -0.1) is 0 Å². The summed E-state index contributed by atoms with van der Waals surface area (Å²) in [5, 5.41) is 0. The molecule has 0 aromatic heterocycles. The Kier molecular flexibility index (Phi) is 8.75. The molecule has 1 saturated heterocycles. The third-order valence-corrected chi connectivity index (χ3v) is 9.50. The Morgan fingerprint density at radius 2 is 1.64 bits per heavy atom. The van der Waals surface area contributed by atoms with Gasteiger partial charge in [0.1, 0.15) is 30.5 Å². The van der Waals surface area contributed by atoms with Crippen molar-refractivity contribution in [1.29, 1.82) is 0 Å². The number of sulfonamides is 1. The van der Waals surface area contributed by atoms with Gasteiger partial charge in [0.15, 0.2) is 0 Å². The minimum Gasteiger partial charge on any atom is -0.497 e. The topological polar surface area (TPSA) is 68.3 Å². The van der Waals surface area contributed by atoms with E-state index in [1.807, 2.05) is 61.5 Å². The van der Waals surface area contributed by atoms with Gasteiger partial charge in [-0.2, -0.15) is 4.31 Å². The Bertz CT molecular complexity index is 1340. The molecule has 2 heterocycles. The maximum Gasteiger partial charge on any atom is 0.243 e. The normalized spacial score (nSPS) is 18.6. The number of ether oxygens (including phenoxy) is 3. The first kappa shape index (κ1) is 27.5. The van der Waals surface area contributed by atoms with E-state index in [9.17, 15) is 8.42 Å². The molecule has 2 aliphatic rings. The number of hydrogen-bond acceptors (Lipinski definition) is 6. The number of nitrogens with zero attached hydrogens (tertiary/aromatic N) is 2. The van der Waals surface area contributed by atoms with E-state index < -0.39 is 10.0 Å². The van der Waals surface area contributed by atoms with Gasteiger partial charge in [-0.1, -0.05) is 42.3 Å². The van der Waals surface area contributed by atoms with Crippen molar-refractivity contribution in [2.24, 2.45) is 0 Å². The average Bonchev–Trinajstić information content (AvgIpc) is 3.14. The fourth-order valence-corrected chi connectivity index (χ4v) is 6.84. The van der Waals surface area contributed by atoms with Crippen molar-refractivity contribution in [3.63, 3.8) is 0 Å². The summed E-state index contributed by atoms with van der Waals surface area (Å²) in [6.07, 6.45) is 4.39. The second kappa shape index (κ2) is 12.4. The molecule has 1 fully saturated rings. The lowest BCUT2D eigenvalue weighted by atomic mass is 10.1. The summed E-state index contributed by atoms with van der Waals surface area (Å²) in [6, 6.07) is 20.2. The van der Waals surface area contributed by atoms with Gasteiger partial charge in [0.25, 0.3) is 0 Å². The molecule has 3 aromatic carbocycles. The molecule has 1 atom stereocenters. The summed E-state index contributed by atoms with van der Waals surface area (Å²) in [4.78, 5) is 2.74. The van der Waals surface area contributed by atoms with Gasteiger partial charge in [0.2, 0.25) is 10.0 Å². The molecule has 8 heteroatoms. The molecule has 208 valence electrons. The lowest BCUT2D eigenvalue weighted by Gasteiger charge is -2.28. The Hall–Kier alpha value is -3.07. The number of rotatable bonds is 9. The van der Waals surface area contributed by atoms with Crippen molar-refractivity contribution in [3.8, 4) is 17.2 Å². The van der Waals surface area contributed by atoms with Crippen LogP contribution in [-0.4, -0.2) is 63.6 Å². The van der Waals surface area contributed by atoms with Crippen LogP contribution in [0.2, 0.25) is 0 Å². The summed E-state index contributed by atoms with van der Waals surface area (Å²) in [6.45, 7) is 6.33. The van der Waals surface area contributed by atoms with Crippen LogP contribution in [0, 0.1) is 6.92 Å². The van der Waals surface area contributed by atoms with Crippen molar-refractivity contribution in [2.45, 2.75) is 50.1 Å². The zero-order valence-corrected chi connectivity index (χ0v) is 23.7. The molecule has 7 nitrogen and oxygen atoms in total. The highest BCUT2D eigenvalue weighted by atomic mass is 32.2. The number of benzene rings is 3. The predicted octanol–water partition coefficient (Wildman–Crippen LogP) is 5.06. The summed E-state index contributed by atoms with van der Waals surface area (Å²) in [5.41, 5.74) is 2.85. The molecule has 3 aromatic rings. The van der Waals surface area contributed by atoms with E-state index in [4.69, 9.17) is 14.2 Å². The number of methoxy groups -OCH3 is 1. The molecule has 0 aliphatic carbocycles. The zero-order valence-electron chi connectivity index (χ0n) is 22.8. The number of hydrogen-bond donors (Lipinski definition) is 0. The van der Waals surface area contributed by atoms with E-state index in [1.165, 1.54) is 19.3 Å². The monoisotopic (exact) mass is 550 g/mol. The molecular weight excluding hydrogens is 512 g/mol. The van der Waals surface area contributed by atoms with Gasteiger partial charge in [-0.3, -0.25) is 4.90 Å². The maximum absolute atomic E-state index is 13.9. The van der Waals surface area contributed by atoms with Crippen molar-refractivity contribution in [3.05, 3.63) is 83.4 Å². The second-order valence-corrected chi connectivity index (χ2v) is 12.3. The zero-order chi connectivity index (χ0) is 27.2. The second-order valence-electron chi connectivity index (χ2n) is 10.4. The van der Waals surface area contributed by atoms with Gasteiger partial charge in [-0.25, -0.2) is 8.42 Å². The molecule has 0 spiro atoms. The Balaban J connectivity index is 1.33. The van der Waals surface area contributed by atoms with Crippen molar-refractivity contribution >= 4 is 10.0 Å². The molecule has 5 rings (SSSR count). The summed E-state index contributed by atoms with van der Waals surface area (Å²) < 4.78 is 46.9. The minimum atomic E-state index is -3.77. The third kappa shape index (κ3) is 6.75. The van der Waals surface area contributed by atoms with E-state index >= 15 is 0 Å². The highest BCUT2D eigenvalue weighted by Gasteiger charge is 2.35. The number of fused-ring (bicyclic) bond motifs is 1. The molecule has 2 aliphatic heterocycles. The fourth-order valence-electron chi connectivity index (χ4n) is 5.25. The van der Waals surface area contributed by atoms with Crippen LogP contribution in [0.1, 0.15) is 36.0 Å². The van der Waals surface area contributed by atoms with E-state index in [0.29, 0.717) is 24.5 Å². The first-order valence-electron chi connectivity index (χ1n) is 13.7. The van der Waals surface area contributed by atoms with Crippen molar-refractivity contribution in [2.75, 3.05) is 40.0 Å². The molecular formula is C31H38N2O5S. The van der Waals surface area contributed by atoms with Crippen LogP contribution in [0.4, 0.5) is 0 Å². The fraction of sp³-hybridized carbons (Fsp3) is 0.419. The molecule has 0 amide bonds. The van der Waals surface area contributed by atoms with Gasteiger partial charge in [-0.05, 0) is 75.2 Å². The van der Waals surface area contributed by atoms with Crippen LogP contribution >= 0.6 is 0 Å². The van der Waals surface area contributed by atoms with Gasteiger partial charge >= 0.3 is 0 Å². The number of likely N-dealkylation sites (tertiary alicyclic amines) is 1. The van der Waals surface area contributed by atoms with Crippen LogP contribution < -0.4 is 14.2 Å². The van der Waals surface area contributed by atoms with Gasteiger partial charge < -0.3 is 14.2 Å². The summed E-state index contributed by atoms with van der Waals surface area (Å²) in [5.74, 6) is 2.16. The van der Waals surface area contributed by atoms with E-state index in [0.717, 1.165) is 42.1 Å². The number of aryl methyl sites for hydroxylation is 1. The highest BCUT2D eigenvalue weighted by molar-refractivity contribution is 7.89. The molecule has 0 bridgehead atoms. The smallest absolute Gasteiger partial charge is 0.243 e. The van der Waals surface area contributed by atoms with Gasteiger partial charge in [0, 0.05) is 24.7 Å². The SMILES string of the molecule is COc1ccc2c(c1)OC[C@H](Cc1ccc(OCCN3CCCCC3)cc1)N(S(=O)(=O)c1ccc(C)cc1)C2. The van der Waals surface area contributed by atoms with Crippen molar-refractivity contribution < 1.29 is 22.6 Å². The summed E-state index contributed by atoms with van der Waals surface area (Å²) in [7, 11) is -2.16. The first-order chi connectivity index (χ1) is 18.9. The molecule has 39 heavy (non-hydrogen) atoms. The maximum atomic E-state index is 13.9. The highest BCUT2D eigenvalue weighted by Crippen LogP contribution is 2.33. The van der Waals surface area contributed by atoms with Crippen LogP contribution in [0.25, 0.3) is 0 Å². The van der Waals surface area contributed by atoms with E-state index in [1.54, 1.807) is 23.5 Å². The third-order valence-electron chi connectivity index (χ3n) is 7.59. The quantitative estimate of drug-likeness (QED) is 0.371. The minimum absolute atomic E-state index is 0.220. The largest absolute Gasteiger partial charge is 0.497 e. The van der Waals surface area contributed by atoms with Crippen LogP contribution in [0.5, 0.6) is 17.2 Å². The average molecular weight is 551 g/mol. The number of piperidine rings is 1. The van der Waals surface area contributed by atoms with Crippen LogP contribution in [-0.2, 0) is 23.0 Å². The summed E-state index contributed by atoms with van der Waals surface area (Å²) >= 11 is 0. The Morgan fingerprint density at radius 3 is 2.36 bits per heavy atom. The van der Waals surface area contributed by atoms with E-state index in [-0.39, 0.29) is 24.1 Å². The Labute approximate surface area is 232 Å². The molecule has 0 radical (unpaired) electrons. The van der Waals surface area contributed by atoms with Crippen molar-refractivity contribution in [1.82, 2.24) is 9.21 Å². The molecule has 0 unspecified atom stereocenters. The predicted molar refractivity (Wildman–Crippen MR) is 152 cm³/mol. The molecule has 0 N–H and O–H groups in total. The molecule has 0 saturated carbocycles. The van der Waals surface area contributed by atoms with Gasteiger partial charge in [0.05, 0.1) is 18.0 Å².